The Morgan fingerprint density at radius 2 is 2.14 bits per heavy atom. The highest BCUT2D eigenvalue weighted by Crippen LogP contribution is 2.22. The molecule has 0 unspecified atom stereocenters. The maximum absolute atomic E-state index is 12.9. The molecule has 1 heterocycles. The number of halogens is 2. The van der Waals surface area contributed by atoms with Crippen LogP contribution in [0, 0.1) is 5.82 Å². The van der Waals surface area contributed by atoms with Gasteiger partial charge in [-0.3, -0.25) is 0 Å². The highest BCUT2D eigenvalue weighted by Gasteiger charge is 2.12. The first-order valence-corrected chi connectivity index (χ1v) is 7.85. The minimum Gasteiger partial charge on any atom is -0.370 e. The Kier molecular flexibility index (Phi) is 6.63. The van der Waals surface area contributed by atoms with Crippen LogP contribution in [-0.4, -0.2) is 44.5 Å². The van der Waals surface area contributed by atoms with Crippen LogP contribution in [0.1, 0.15) is 6.42 Å². The third kappa shape index (κ3) is 5.74. The van der Waals surface area contributed by atoms with Crippen LogP contribution in [0.4, 0.5) is 10.1 Å². The second-order valence-corrected chi connectivity index (χ2v) is 5.79. The highest BCUT2D eigenvalue weighted by atomic mass is 35.5. The van der Waals surface area contributed by atoms with Gasteiger partial charge in [-0.15, -0.1) is 0 Å². The van der Waals surface area contributed by atoms with Gasteiger partial charge in [-0.2, -0.15) is 0 Å². The van der Waals surface area contributed by atoms with Crippen molar-refractivity contribution in [1.82, 2.24) is 5.32 Å². The van der Waals surface area contributed by atoms with E-state index in [0.29, 0.717) is 15.8 Å². The van der Waals surface area contributed by atoms with Gasteiger partial charge >= 0.3 is 0 Å². The molecule has 4 nitrogen and oxygen atoms in total. The van der Waals surface area contributed by atoms with Gasteiger partial charge in [-0.25, -0.2) is 4.39 Å². The average Bonchev–Trinajstić information content (AvgIpc) is 2.48. The number of anilines is 1. The molecule has 1 fully saturated rings. The Hall–Kier alpha value is -0.950. The Labute approximate surface area is 134 Å². The Bertz CT molecular complexity index is 483. The SMILES string of the molecule is Fc1ccc(NC(=S)NCCC[NH+]2CCOCC2)c(Cl)c1. The molecule has 0 aliphatic carbocycles. The Morgan fingerprint density at radius 3 is 2.86 bits per heavy atom. The van der Waals surface area contributed by atoms with Gasteiger partial charge in [0.15, 0.2) is 5.11 Å². The van der Waals surface area contributed by atoms with Crippen molar-refractivity contribution in [2.45, 2.75) is 6.42 Å². The van der Waals surface area contributed by atoms with Crippen molar-refractivity contribution in [3.05, 3.63) is 29.0 Å². The van der Waals surface area contributed by atoms with Crippen LogP contribution in [0.25, 0.3) is 0 Å². The van der Waals surface area contributed by atoms with Gasteiger partial charge in [-0.1, -0.05) is 11.6 Å². The van der Waals surface area contributed by atoms with E-state index < -0.39 is 0 Å². The molecule has 1 aromatic carbocycles. The molecular formula is C14H20ClFN3OS+. The zero-order valence-electron chi connectivity index (χ0n) is 11.8. The molecule has 21 heavy (non-hydrogen) atoms. The summed E-state index contributed by atoms with van der Waals surface area (Å²) in [6.07, 6.45) is 1.04. The van der Waals surface area contributed by atoms with Crippen molar-refractivity contribution in [3.8, 4) is 0 Å². The summed E-state index contributed by atoms with van der Waals surface area (Å²) >= 11 is 11.1. The van der Waals surface area contributed by atoms with Crippen LogP contribution in [0.5, 0.6) is 0 Å². The first-order valence-electron chi connectivity index (χ1n) is 7.06. The first kappa shape index (κ1) is 16.4. The lowest BCUT2D eigenvalue weighted by Crippen LogP contribution is -3.14. The topological polar surface area (TPSA) is 37.7 Å². The van der Waals surface area contributed by atoms with Crippen molar-refractivity contribution in [2.24, 2.45) is 0 Å². The van der Waals surface area contributed by atoms with Crippen molar-refractivity contribution in [2.75, 3.05) is 44.7 Å². The van der Waals surface area contributed by atoms with Crippen molar-refractivity contribution in [1.29, 1.82) is 0 Å². The van der Waals surface area contributed by atoms with E-state index in [0.717, 1.165) is 45.8 Å². The molecule has 0 amide bonds. The Morgan fingerprint density at radius 1 is 1.38 bits per heavy atom. The first-order chi connectivity index (χ1) is 10.1. The molecule has 0 radical (unpaired) electrons. The maximum atomic E-state index is 12.9. The van der Waals surface area contributed by atoms with Crippen LogP contribution in [0.2, 0.25) is 5.02 Å². The molecule has 1 aliphatic heterocycles. The van der Waals surface area contributed by atoms with Crippen LogP contribution in [0.3, 0.4) is 0 Å². The third-order valence-corrected chi connectivity index (χ3v) is 3.93. The van der Waals surface area contributed by atoms with Crippen molar-refractivity contribution >= 4 is 34.6 Å². The van der Waals surface area contributed by atoms with Gasteiger partial charge in [0.25, 0.3) is 0 Å². The summed E-state index contributed by atoms with van der Waals surface area (Å²) in [4.78, 5) is 1.57. The molecule has 1 saturated heterocycles. The molecule has 1 aromatic rings. The summed E-state index contributed by atoms with van der Waals surface area (Å²) in [6, 6.07) is 4.18. The molecule has 0 saturated carbocycles. The van der Waals surface area contributed by atoms with Crippen LogP contribution < -0.4 is 15.5 Å². The molecule has 116 valence electrons. The largest absolute Gasteiger partial charge is 0.370 e. The van der Waals surface area contributed by atoms with E-state index >= 15 is 0 Å². The van der Waals surface area contributed by atoms with Gasteiger partial charge in [0, 0.05) is 13.0 Å². The minimum atomic E-state index is -0.363. The summed E-state index contributed by atoms with van der Waals surface area (Å²) in [7, 11) is 0. The molecule has 0 spiro atoms. The number of hydrogen-bond donors (Lipinski definition) is 3. The van der Waals surface area contributed by atoms with Crippen molar-refractivity contribution < 1.29 is 14.0 Å². The van der Waals surface area contributed by atoms with Gasteiger partial charge in [-0.05, 0) is 30.4 Å². The fourth-order valence-electron chi connectivity index (χ4n) is 2.21. The number of quaternary nitrogens is 1. The summed E-state index contributed by atoms with van der Waals surface area (Å²) in [5.41, 5.74) is 0.606. The molecule has 2 rings (SSSR count). The second kappa shape index (κ2) is 8.48. The Balaban J connectivity index is 1.65. The van der Waals surface area contributed by atoms with E-state index in [4.69, 9.17) is 28.6 Å². The fraction of sp³-hybridized carbons (Fsp3) is 0.500. The van der Waals surface area contributed by atoms with E-state index in [2.05, 4.69) is 10.6 Å². The molecule has 3 N–H and O–H groups in total. The molecule has 7 heteroatoms. The van der Waals surface area contributed by atoms with E-state index in [-0.39, 0.29) is 5.82 Å². The van der Waals surface area contributed by atoms with E-state index in [1.807, 2.05) is 0 Å². The minimum absolute atomic E-state index is 0.317. The normalized spacial score (nSPS) is 15.7. The summed E-state index contributed by atoms with van der Waals surface area (Å²) in [6.45, 7) is 5.77. The smallest absolute Gasteiger partial charge is 0.170 e. The van der Waals surface area contributed by atoms with Gasteiger partial charge in [0.1, 0.15) is 18.9 Å². The number of ether oxygens (including phenoxy) is 1. The molecule has 0 aromatic heterocycles. The highest BCUT2D eigenvalue weighted by molar-refractivity contribution is 7.80. The lowest BCUT2D eigenvalue weighted by atomic mass is 10.3. The number of nitrogens with one attached hydrogen (secondary N) is 3. The van der Waals surface area contributed by atoms with Gasteiger partial charge in [0.05, 0.1) is 30.5 Å². The quantitative estimate of drug-likeness (QED) is 0.557. The number of benzene rings is 1. The fourth-order valence-corrected chi connectivity index (χ4v) is 2.63. The van der Waals surface area contributed by atoms with E-state index in [1.54, 1.807) is 11.0 Å². The molecule has 1 aliphatic rings. The van der Waals surface area contributed by atoms with Crippen molar-refractivity contribution in [3.63, 3.8) is 0 Å². The zero-order valence-corrected chi connectivity index (χ0v) is 13.3. The summed E-state index contributed by atoms with van der Waals surface area (Å²) in [5, 5.41) is 6.92. The zero-order chi connectivity index (χ0) is 15.1. The number of rotatable bonds is 5. The number of thiocarbonyl (C=S) groups is 1. The van der Waals surface area contributed by atoms with Crippen LogP contribution >= 0.6 is 23.8 Å². The lowest BCUT2D eigenvalue weighted by molar-refractivity contribution is -0.908. The molecular weight excluding hydrogens is 313 g/mol. The molecule has 0 bridgehead atoms. The van der Waals surface area contributed by atoms with Crippen LogP contribution in [-0.2, 0) is 4.74 Å². The molecule has 0 atom stereocenters. The monoisotopic (exact) mass is 332 g/mol. The van der Waals surface area contributed by atoms with Crippen LogP contribution in [0.15, 0.2) is 18.2 Å². The average molecular weight is 333 g/mol. The number of hydrogen-bond acceptors (Lipinski definition) is 2. The number of morpholine rings is 1. The second-order valence-electron chi connectivity index (χ2n) is 4.97. The van der Waals surface area contributed by atoms with Gasteiger partial charge < -0.3 is 20.3 Å². The van der Waals surface area contributed by atoms with E-state index in [1.165, 1.54) is 12.1 Å². The van der Waals surface area contributed by atoms with Gasteiger partial charge in [0.2, 0.25) is 0 Å². The predicted octanol–water partition coefficient (Wildman–Crippen LogP) is 1.07. The summed E-state index contributed by atoms with van der Waals surface area (Å²) in [5.74, 6) is -0.363. The maximum Gasteiger partial charge on any atom is 0.170 e. The summed E-state index contributed by atoms with van der Waals surface area (Å²) < 4.78 is 18.3. The predicted molar refractivity (Wildman–Crippen MR) is 86.6 cm³/mol. The van der Waals surface area contributed by atoms with E-state index in [9.17, 15) is 4.39 Å². The standard InChI is InChI=1S/C14H19ClFN3OS/c15-12-10-11(16)2-3-13(12)18-14(21)17-4-1-5-19-6-8-20-9-7-19/h2-3,10H,1,4-9H2,(H2,17,18,21)/p+1. The third-order valence-electron chi connectivity index (χ3n) is 3.37. The lowest BCUT2D eigenvalue weighted by Gasteiger charge is -2.23.